The lowest BCUT2D eigenvalue weighted by atomic mass is 10.1. The summed E-state index contributed by atoms with van der Waals surface area (Å²) in [6.07, 6.45) is 0. The van der Waals surface area contributed by atoms with Crippen molar-refractivity contribution in [1.82, 2.24) is 0 Å². The molecule has 0 amide bonds. The Bertz CT molecular complexity index is 537. The molecule has 2 nitrogen and oxygen atoms in total. The summed E-state index contributed by atoms with van der Waals surface area (Å²) in [7, 11) is 0. The van der Waals surface area contributed by atoms with Crippen molar-refractivity contribution in [2.24, 2.45) is 0 Å². The molecule has 1 aromatic carbocycles. The van der Waals surface area contributed by atoms with Crippen LogP contribution in [-0.2, 0) is 0 Å². The van der Waals surface area contributed by atoms with Crippen LogP contribution in [-0.4, -0.2) is 0 Å². The summed E-state index contributed by atoms with van der Waals surface area (Å²) in [5, 5.41) is 9.31. The van der Waals surface area contributed by atoms with Crippen LogP contribution in [0.25, 0.3) is 11.3 Å². The maximum absolute atomic E-state index is 8.65. The van der Waals surface area contributed by atoms with Gasteiger partial charge in [0.1, 0.15) is 11.8 Å². The SMILES string of the molecule is Cc1ccc(Cl)cc1-c1ccc(C#N)o1. The van der Waals surface area contributed by atoms with Gasteiger partial charge in [0.25, 0.3) is 0 Å². The monoisotopic (exact) mass is 217 g/mol. The van der Waals surface area contributed by atoms with Gasteiger partial charge in [-0.1, -0.05) is 17.7 Å². The Morgan fingerprint density at radius 2 is 2.07 bits per heavy atom. The van der Waals surface area contributed by atoms with Gasteiger partial charge in [0.15, 0.2) is 0 Å². The van der Waals surface area contributed by atoms with Gasteiger partial charge >= 0.3 is 0 Å². The van der Waals surface area contributed by atoms with Gasteiger partial charge < -0.3 is 4.42 Å². The summed E-state index contributed by atoms with van der Waals surface area (Å²) >= 11 is 5.90. The maximum atomic E-state index is 8.65. The van der Waals surface area contributed by atoms with E-state index in [4.69, 9.17) is 21.3 Å². The highest BCUT2D eigenvalue weighted by atomic mass is 35.5. The minimum atomic E-state index is 0.310. The topological polar surface area (TPSA) is 36.9 Å². The number of furan rings is 1. The highest BCUT2D eigenvalue weighted by Gasteiger charge is 2.07. The first-order chi connectivity index (χ1) is 7.20. The van der Waals surface area contributed by atoms with Crippen LogP contribution in [0.15, 0.2) is 34.7 Å². The summed E-state index contributed by atoms with van der Waals surface area (Å²) in [6, 6.07) is 11.0. The number of rotatable bonds is 1. The lowest BCUT2D eigenvalue weighted by Gasteiger charge is -2.02. The predicted molar refractivity (Wildman–Crippen MR) is 58.6 cm³/mol. The molecule has 15 heavy (non-hydrogen) atoms. The largest absolute Gasteiger partial charge is 0.446 e. The number of hydrogen-bond donors (Lipinski definition) is 0. The number of aryl methyl sites for hydroxylation is 1. The average Bonchev–Trinajstić information content (AvgIpc) is 2.70. The van der Waals surface area contributed by atoms with Gasteiger partial charge in [-0.3, -0.25) is 0 Å². The van der Waals surface area contributed by atoms with Crippen LogP contribution in [0.5, 0.6) is 0 Å². The molecule has 0 saturated carbocycles. The van der Waals surface area contributed by atoms with E-state index < -0.39 is 0 Å². The van der Waals surface area contributed by atoms with Gasteiger partial charge in [-0.05, 0) is 36.8 Å². The lowest BCUT2D eigenvalue weighted by molar-refractivity contribution is 0.567. The fourth-order valence-corrected chi connectivity index (χ4v) is 1.57. The molecule has 0 fully saturated rings. The van der Waals surface area contributed by atoms with Gasteiger partial charge in [-0.15, -0.1) is 0 Å². The van der Waals surface area contributed by atoms with Crippen LogP contribution < -0.4 is 0 Å². The van der Waals surface area contributed by atoms with Crippen molar-refractivity contribution in [3.8, 4) is 17.4 Å². The molecule has 1 heterocycles. The zero-order valence-electron chi connectivity index (χ0n) is 8.12. The zero-order chi connectivity index (χ0) is 10.8. The van der Waals surface area contributed by atoms with E-state index in [1.165, 1.54) is 0 Å². The third-order valence-electron chi connectivity index (χ3n) is 2.18. The summed E-state index contributed by atoms with van der Waals surface area (Å²) in [5.74, 6) is 0.982. The van der Waals surface area contributed by atoms with E-state index >= 15 is 0 Å². The molecule has 0 aliphatic carbocycles. The van der Waals surface area contributed by atoms with Crippen LogP contribution in [0.1, 0.15) is 11.3 Å². The lowest BCUT2D eigenvalue weighted by Crippen LogP contribution is -1.80. The van der Waals surface area contributed by atoms with Crippen molar-refractivity contribution in [2.45, 2.75) is 6.92 Å². The van der Waals surface area contributed by atoms with Crippen LogP contribution in [0, 0.1) is 18.3 Å². The molecule has 0 N–H and O–H groups in total. The van der Waals surface area contributed by atoms with Gasteiger partial charge in [0, 0.05) is 10.6 Å². The Balaban J connectivity index is 2.54. The standard InChI is InChI=1S/C12H8ClNO/c1-8-2-3-9(13)6-11(8)12-5-4-10(7-14)15-12/h2-6H,1H3. The fourth-order valence-electron chi connectivity index (χ4n) is 1.40. The van der Waals surface area contributed by atoms with Gasteiger partial charge in [0.05, 0.1) is 0 Å². The summed E-state index contributed by atoms with van der Waals surface area (Å²) in [5.41, 5.74) is 1.99. The van der Waals surface area contributed by atoms with Crippen molar-refractivity contribution in [3.05, 3.63) is 46.7 Å². The van der Waals surface area contributed by atoms with Crippen molar-refractivity contribution in [2.75, 3.05) is 0 Å². The van der Waals surface area contributed by atoms with Crippen molar-refractivity contribution in [3.63, 3.8) is 0 Å². The van der Waals surface area contributed by atoms with Gasteiger partial charge in [-0.2, -0.15) is 5.26 Å². The molecular formula is C12H8ClNO. The number of hydrogen-bond acceptors (Lipinski definition) is 2. The molecule has 0 aliphatic heterocycles. The van der Waals surface area contributed by atoms with Gasteiger partial charge in [-0.25, -0.2) is 0 Å². The van der Waals surface area contributed by atoms with Crippen molar-refractivity contribution < 1.29 is 4.42 Å². The smallest absolute Gasteiger partial charge is 0.204 e. The minimum Gasteiger partial charge on any atom is -0.446 e. The molecule has 0 unspecified atom stereocenters. The molecular weight excluding hydrogens is 210 g/mol. The molecule has 0 aliphatic rings. The molecule has 3 heteroatoms. The third kappa shape index (κ3) is 1.88. The van der Waals surface area contributed by atoms with Crippen molar-refractivity contribution in [1.29, 1.82) is 5.26 Å². The summed E-state index contributed by atoms with van der Waals surface area (Å²) in [6.45, 7) is 1.97. The van der Waals surface area contributed by atoms with E-state index in [0.29, 0.717) is 16.5 Å². The van der Waals surface area contributed by atoms with Crippen LogP contribution in [0.4, 0.5) is 0 Å². The molecule has 0 spiro atoms. The Hall–Kier alpha value is -1.72. The number of halogens is 1. The van der Waals surface area contributed by atoms with Crippen molar-refractivity contribution >= 4 is 11.6 Å². The van der Waals surface area contributed by atoms with E-state index in [9.17, 15) is 0 Å². The molecule has 0 saturated heterocycles. The number of nitrogens with zero attached hydrogens (tertiary/aromatic N) is 1. The summed E-state index contributed by atoms with van der Waals surface area (Å²) in [4.78, 5) is 0. The molecule has 74 valence electrons. The Morgan fingerprint density at radius 1 is 1.27 bits per heavy atom. The summed E-state index contributed by atoms with van der Waals surface area (Å²) < 4.78 is 5.33. The average molecular weight is 218 g/mol. The number of benzene rings is 1. The number of nitriles is 1. The first kappa shape index (κ1) is 9.82. The zero-order valence-corrected chi connectivity index (χ0v) is 8.88. The quantitative estimate of drug-likeness (QED) is 0.729. The highest BCUT2D eigenvalue weighted by molar-refractivity contribution is 6.30. The normalized spacial score (nSPS) is 9.93. The second-order valence-electron chi connectivity index (χ2n) is 3.23. The third-order valence-corrected chi connectivity index (χ3v) is 2.42. The van der Waals surface area contributed by atoms with E-state index in [1.807, 2.05) is 31.2 Å². The minimum absolute atomic E-state index is 0.310. The second kappa shape index (κ2) is 3.80. The second-order valence-corrected chi connectivity index (χ2v) is 3.67. The van der Waals surface area contributed by atoms with E-state index in [-0.39, 0.29) is 0 Å². The van der Waals surface area contributed by atoms with Crippen LogP contribution in [0.2, 0.25) is 5.02 Å². The fraction of sp³-hybridized carbons (Fsp3) is 0.0833. The first-order valence-corrected chi connectivity index (χ1v) is 4.85. The maximum Gasteiger partial charge on any atom is 0.204 e. The Kier molecular flexibility index (Phi) is 2.49. The molecule has 0 bridgehead atoms. The van der Waals surface area contributed by atoms with Crippen LogP contribution >= 0.6 is 11.6 Å². The van der Waals surface area contributed by atoms with E-state index in [2.05, 4.69) is 0 Å². The van der Waals surface area contributed by atoms with Gasteiger partial charge in [0.2, 0.25) is 5.76 Å². The Labute approximate surface area is 92.7 Å². The van der Waals surface area contributed by atoms with E-state index in [1.54, 1.807) is 12.1 Å². The molecule has 1 aromatic heterocycles. The van der Waals surface area contributed by atoms with Crippen LogP contribution in [0.3, 0.4) is 0 Å². The molecule has 2 rings (SSSR count). The predicted octanol–water partition coefficient (Wildman–Crippen LogP) is 3.78. The first-order valence-electron chi connectivity index (χ1n) is 4.47. The highest BCUT2D eigenvalue weighted by Crippen LogP contribution is 2.27. The molecule has 0 radical (unpaired) electrons. The van der Waals surface area contributed by atoms with E-state index in [0.717, 1.165) is 11.1 Å². The Morgan fingerprint density at radius 3 is 2.73 bits per heavy atom. The molecule has 0 atom stereocenters. The molecule has 2 aromatic rings.